The second kappa shape index (κ2) is 7.59. The minimum atomic E-state index is -0.535. The van der Waals surface area contributed by atoms with Gasteiger partial charge < -0.3 is 14.4 Å². The predicted molar refractivity (Wildman–Crippen MR) is 118 cm³/mol. The van der Waals surface area contributed by atoms with Gasteiger partial charge in [-0.2, -0.15) is 4.98 Å². The van der Waals surface area contributed by atoms with E-state index in [1.54, 1.807) is 11.1 Å². The number of fused-ring (bicyclic) bond motifs is 1. The Balaban J connectivity index is 1.18. The van der Waals surface area contributed by atoms with Crippen LogP contribution in [0.4, 0.5) is 10.6 Å². The number of hydrogen-bond donors (Lipinski definition) is 0. The molecule has 11 heteroatoms. The standard InChI is InChI=1S/C21H24Cl2N6O3/c1-20(2,3)32-19(30)28-8-13-14(9-28)24-5-4-15(13)31-12-6-21(7-12)10-29(11-21)17-16(22)26-27-18(23)25-17/h4-5,12H,6-11H2,1-3H3. The van der Waals surface area contributed by atoms with E-state index in [1.165, 1.54) is 0 Å². The number of aromatic nitrogens is 4. The van der Waals surface area contributed by atoms with Crippen LogP contribution in [-0.2, 0) is 17.8 Å². The zero-order valence-electron chi connectivity index (χ0n) is 18.1. The molecular weight excluding hydrogens is 455 g/mol. The lowest BCUT2D eigenvalue weighted by Gasteiger charge is -2.58. The van der Waals surface area contributed by atoms with Gasteiger partial charge in [0.2, 0.25) is 5.28 Å². The first-order valence-electron chi connectivity index (χ1n) is 10.5. The summed E-state index contributed by atoms with van der Waals surface area (Å²) in [7, 11) is 0. The summed E-state index contributed by atoms with van der Waals surface area (Å²) in [6.07, 6.45) is 3.42. The highest BCUT2D eigenvalue weighted by atomic mass is 35.5. The van der Waals surface area contributed by atoms with Crippen molar-refractivity contribution in [3.8, 4) is 5.75 Å². The maximum Gasteiger partial charge on any atom is 0.410 e. The minimum Gasteiger partial charge on any atom is -0.490 e. The predicted octanol–water partition coefficient (Wildman–Crippen LogP) is 3.87. The molecule has 2 aromatic heterocycles. The van der Waals surface area contributed by atoms with Gasteiger partial charge in [0.25, 0.3) is 0 Å². The first kappa shape index (κ1) is 21.5. The molecule has 1 spiro atoms. The van der Waals surface area contributed by atoms with Crippen LogP contribution in [0.5, 0.6) is 5.75 Å². The topological polar surface area (TPSA) is 93.6 Å². The van der Waals surface area contributed by atoms with Gasteiger partial charge >= 0.3 is 6.09 Å². The fourth-order valence-corrected chi connectivity index (χ4v) is 4.96. The molecule has 1 aliphatic carbocycles. The van der Waals surface area contributed by atoms with Gasteiger partial charge in [-0.3, -0.25) is 9.88 Å². The van der Waals surface area contributed by atoms with E-state index in [0.29, 0.717) is 18.9 Å². The fourth-order valence-electron chi connectivity index (χ4n) is 4.64. The number of nitrogens with zero attached hydrogens (tertiary/aromatic N) is 6. The van der Waals surface area contributed by atoms with Crippen LogP contribution >= 0.6 is 23.2 Å². The van der Waals surface area contributed by atoms with E-state index in [1.807, 2.05) is 26.8 Å². The van der Waals surface area contributed by atoms with Crippen LogP contribution in [0, 0.1) is 5.41 Å². The van der Waals surface area contributed by atoms with Crippen molar-refractivity contribution >= 4 is 35.1 Å². The zero-order chi connectivity index (χ0) is 22.7. The van der Waals surface area contributed by atoms with Crippen LogP contribution in [-0.4, -0.2) is 56.0 Å². The third-order valence-corrected chi connectivity index (χ3v) is 6.42. The summed E-state index contributed by atoms with van der Waals surface area (Å²) in [5.41, 5.74) is 1.49. The summed E-state index contributed by atoms with van der Waals surface area (Å²) >= 11 is 12.0. The van der Waals surface area contributed by atoms with Gasteiger partial charge in [0.1, 0.15) is 17.5 Å². The van der Waals surface area contributed by atoms with E-state index in [-0.39, 0.29) is 28.0 Å². The molecule has 32 heavy (non-hydrogen) atoms. The lowest BCUT2D eigenvalue weighted by Crippen LogP contribution is -2.65. The number of pyridine rings is 1. The maximum absolute atomic E-state index is 12.5. The average molecular weight is 479 g/mol. The molecule has 2 fully saturated rings. The number of anilines is 1. The Hall–Kier alpha value is -2.39. The van der Waals surface area contributed by atoms with Crippen LogP contribution in [0.3, 0.4) is 0 Å². The van der Waals surface area contributed by atoms with Crippen molar-refractivity contribution in [2.45, 2.75) is 58.4 Å². The second-order valence-corrected chi connectivity index (χ2v) is 10.5. The highest BCUT2D eigenvalue weighted by molar-refractivity contribution is 6.32. The van der Waals surface area contributed by atoms with Gasteiger partial charge in [0, 0.05) is 30.3 Å². The smallest absolute Gasteiger partial charge is 0.410 e. The van der Waals surface area contributed by atoms with Crippen molar-refractivity contribution in [2.75, 3.05) is 18.0 Å². The van der Waals surface area contributed by atoms with Crippen molar-refractivity contribution in [3.63, 3.8) is 0 Å². The summed E-state index contributed by atoms with van der Waals surface area (Å²) < 4.78 is 11.8. The second-order valence-electron chi connectivity index (χ2n) is 9.77. The average Bonchev–Trinajstić information content (AvgIpc) is 3.09. The summed E-state index contributed by atoms with van der Waals surface area (Å²) in [5.74, 6) is 1.38. The Labute approximate surface area is 196 Å². The number of carbonyl (C=O) groups excluding carboxylic acids is 1. The van der Waals surface area contributed by atoms with Crippen molar-refractivity contribution in [2.24, 2.45) is 5.41 Å². The van der Waals surface area contributed by atoms with E-state index in [2.05, 4.69) is 25.1 Å². The summed E-state index contributed by atoms with van der Waals surface area (Å²) in [4.78, 5) is 24.8. The van der Waals surface area contributed by atoms with Crippen LogP contribution in [0.1, 0.15) is 44.9 Å². The van der Waals surface area contributed by atoms with Crippen molar-refractivity contribution in [1.82, 2.24) is 25.1 Å². The normalized spacial score (nSPS) is 19.4. The molecule has 5 rings (SSSR count). The van der Waals surface area contributed by atoms with Gasteiger partial charge in [-0.15, -0.1) is 10.2 Å². The maximum atomic E-state index is 12.5. The molecule has 3 aliphatic rings. The minimum absolute atomic E-state index is 0.0899. The molecule has 2 aromatic rings. The van der Waals surface area contributed by atoms with E-state index in [0.717, 1.165) is 42.9 Å². The van der Waals surface area contributed by atoms with Gasteiger partial charge in [-0.1, -0.05) is 11.6 Å². The molecule has 4 heterocycles. The molecule has 1 saturated carbocycles. The molecule has 0 radical (unpaired) electrons. The van der Waals surface area contributed by atoms with Crippen LogP contribution in [0.15, 0.2) is 12.3 Å². The van der Waals surface area contributed by atoms with Crippen LogP contribution in [0.2, 0.25) is 10.4 Å². The molecule has 1 saturated heterocycles. The number of ether oxygens (including phenoxy) is 2. The molecule has 0 atom stereocenters. The molecule has 0 bridgehead atoms. The van der Waals surface area contributed by atoms with Gasteiger partial charge in [-0.25, -0.2) is 4.79 Å². The molecule has 0 N–H and O–H groups in total. The summed E-state index contributed by atoms with van der Waals surface area (Å²) in [6, 6.07) is 1.88. The zero-order valence-corrected chi connectivity index (χ0v) is 19.7. The molecule has 0 unspecified atom stereocenters. The number of carbonyl (C=O) groups is 1. The SMILES string of the molecule is CC(C)(C)OC(=O)N1Cc2nccc(OC3CC4(C3)CN(c3nc(Cl)nnc3Cl)C4)c2C1. The van der Waals surface area contributed by atoms with E-state index < -0.39 is 5.60 Å². The Morgan fingerprint density at radius 1 is 1.19 bits per heavy atom. The third kappa shape index (κ3) is 4.03. The lowest BCUT2D eigenvalue weighted by molar-refractivity contribution is -0.0348. The Kier molecular flexibility index (Phi) is 5.09. The van der Waals surface area contributed by atoms with E-state index in [4.69, 9.17) is 32.7 Å². The number of amides is 1. The van der Waals surface area contributed by atoms with Crippen LogP contribution in [0.25, 0.3) is 0 Å². The van der Waals surface area contributed by atoms with Gasteiger partial charge in [0.05, 0.1) is 18.8 Å². The molecule has 2 aliphatic heterocycles. The van der Waals surface area contributed by atoms with Crippen molar-refractivity contribution in [3.05, 3.63) is 34.0 Å². The number of hydrogen-bond acceptors (Lipinski definition) is 8. The Morgan fingerprint density at radius 3 is 2.66 bits per heavy atom. The highest BCUT2D eigenvalue weighted by Crippen LogP contribution is 2.51. The number of rotatable bonds is 3. The third-order valence-electron chi connectivity index (χ3n) is 6.01. The first-order valence-corrected chi connectivity index (χ1v) is 11.3. The largest absolute Gasteiger partial charge is 0.490 e. The fraction of sp³-hybridized carbons (Fsp3) is 0.571. The monoisotopic (exact) mass is 478 g/mol. The molecule has 170 valence electrons. The van der Waals surface area contributed by atoms with Gasteiger partial charge in [0.15, 0.2) is 11.0 Å². The lowest BCUT2D eigenvalue weighted by atomic mass is 9.62. The number of halogens is 2. The van der Waals surface area contributed by atoms with E-state index >= 15 is 0 Å². The quantitative estimate of drug-likeness (QED) is 0.655. The van der Waals surface area contributed by atoms with Crippen LogP contribution < -0.4 is 9.64 Å². The Morgan fingerprint density at radius 2 is 1.94 bits per heavy atom. The Bertz CT molecular complexity index is 1060. The highest BCUT2D eigenvalue weighted by Gasteiger charge is 2.54. The van der Waals surface area contributed by atoms with E-state index in [9.17, 15) is 4.79 Å². The van der Waals surface area contributed by atoms with Crippen molar-refractivity contribution < 1.29 is 14.3 Å². The van der Waals surface area contributed by atoms with Crippen molar-refractivity contribution in [1.29, 1.82) is 0 Å². The summed E-state index contributed by atoms with van der Waals surface area (Å²) in [6.45, 7) is 8.13. The van der Waals surface area contributed by atoms with Gasteiger partial charge in [-0.05, 0) is 51.3 Å². The molecule has 1 amide bonds. The first-order chi connectivity index (χ1) is 15.1. The molecular formula is C21H24Cl2N6O3. The molecule has 0 aromatic carbocycles. The summed E-state index contributed by atoms with van der Waals surface area (Å²) in [5, 5.41) is 7.84. The molecule has 9 nitrogen and oxygen atoms in total.